The second kappa shape index (κ2) is 5.60. The fourth-order valence-corrected chi connectivity index (χ4v) is 2.48. The van der Waals surface area contributed by atoms with Gasteiger partial charge in [-0.1, -0.05) is 6.08 Å². The summed E-state index contributed by atoms with van der Waals surface area (Å²) < 4.78 is 11.5. The van der Waals surface area contributed by atoms with Crippen molar-refractivity contribution >= 4 is 23.1 Å². The minimum atomic E-state index is -0.696. The van der Waals surface area contributed by atoms with Crippen LogP contribution in [0.3, 0.4) is 0 Å². The molecule has 9 heteroatoms. The second-order valence-electron chi connectivity index (χ2n) is 4.89. The zero-order valence-corrected chi connectivity index (χ0v) is 12.2. The first kappa shape index (κ1) is 14.3. The van der Waals surface area contributed by atoms with Crippen molar-refractivity contribution in [1.82, 2.24) is 19.5 Å². The molecule has 2 heterocycles. The molecule has 0 radical (unpaired) electrons. The number of methoxy groups -OCH3 is 1. The van der Waals surface area contributed by atoms with Gasteiger partial charge in [0.15, 0.2) is 17.0 Å². The van der Waals surface area contributed by atoms with Crippen LogP contribution in [-0.2, 0) is 9.47 Å². The maximum atomic E-state index is 11.2. The number of ether oxygens (including phenoxy) is 2. The lowest BCUT2D eigenvalue weighted by Gasteiger charge is -2.14. The van der Waals surface area contributed by atoms with Crippen molar-refractivity contribution in [3.63, 3.8) is 0 Å². The van der Waals surface area contributed by atoms with Gasteiger partial charge in [0.25, 0.3) is 0 Å². The zero-order chi connectivity index (χ0) is 15.7. The number of aromatic nitrogens is 4. The number of aryl methyl sites for hydroxylation is 1. The minimum absolute atomic E-state index is 0.0143. The van der Waals surface area contributed by atoms with Gasteiger partial charge in [0.05, 0.1) is 19.5 Å². The molecule has 0 spiro atoms. The molecular weight excluding hydrogens is 288 g/mol. The fourth-order valence-electron chi connectivity index (χ4n) is 2.48. The molecule has 0 amide bonds. The van der Waals surface area contributed by atoms with E-state index in [4.69, 9.17) is 10.6 Å². The van der Waals surface area contributed by atoms with E-state index < -0.39 is 6.16 Å². The number of fused-ring (bicyclic) bond motifs is 1. The standard InChI is InChI=1S/C13H16N6O3/c1-7-16-11(18-14)10-12(17-7)19(6-15-10)8-3-4-9(5-8)22-13(20)21-2/h3-4,6,8-9H,5,14H2,1-2H3,(H,16,17,18). The van der Waals surface area contributed by atoms with Crippen LogP contribution < -0.4 is 11.3 Å². The summed E-state index contributed by atoms with van der Waals surface area (Å²) in [7, 11) is 1.28. The molecule has 22 heavy (non-hydrogen) atoms. The predicted octanol–water partition coefficient (Wildman–Crippen LogP) is 1.07. The monoisotopic (exact) mass is 304 g/mol. The van der Waals surface area contributed by atoms with Gasteiger partial charge >= 0.3 is 6.16 Å². The first-order chi connectivity index (χ1) is 10.6. The Balaban J connectivity index is 1.88. The third-order valence-corrected chi connectivity index (χ3v) is 3.46. The predicted molar refractivity (Wildman–Crippen MR) is 77.9 cm³/mol. The second-order valence-corrected chi connectivity index (χ2v) is 4.89. The van der Waals surface area contributed by atoms with Crippen molar-refractivity contribution in [1.29, 1.82) is 0 Å². The Morgan fingerprint density at radius 3 is 3.00 bits per heavy atom. The van der Waals surface area contributed by atoms with Crippen molar-refractivity contribution in [3.05, 3.63) is 24.3 Å². The molecule has 0 fully saturated rings. The van der Waals surface area contributed by atoms with Gasteiger partial charge in [0.1, 0.15) is 11.9 Å². The molecule has 3 N–H and O–H groups in total. The highest BCUT2D eigenvalue weighted by Gasteiger charge is 2.25. The number of hydrogen-bond donors (Lipinski definition) is 2. The molecule has 0 saturated carbocycles. The van der Waals surface area contributed by atoms with Crippen LogP contribution in [0.25, 0.3) is 11.2 Å². The number of carbonyl (C=O) groups excluding carboxylic acids is 1. The van der Waals surface area contributed by atoms with E-state index in [9.17, 15) is 4.79 Å². The number of nitrogens with two attached hydrogens (primary N) is 1. The highest BCUT2D eigenvalue weighted by Crippen LogP contribution is 2.29. The van der Waals surface area contributed by atoms with Gasteiger partial charge in [-0.2, -0.15) is 0 Å². The third kappa shape index (κ3) is 2.46. The van der Waals surface area contributed by atoms with E-state index in [1.807, 2.05) is 16.7 Å². The van der Waals surface area contributed by atoms with Gasteiger partial charge in [0, 0.05) is 6.42 Å². The Hall–Kier alpha value is -2.68. The number of hydrazine groups is 1. The number of imidazole rings is 1. The van der Waals surface area contributed by atoms with Crippen LogP contribution in [0.15, 0.2) is 18.5 Å². The number of nitrogen functional groups attached to an aromatic ring is 1. The van der Waals surface area contributed by atoms with Gasteiger partial charge in [-0.3, -0.25) is 0 Å². The molecule has 0 aromatic carbocycles. The van der Waals surface area contributed by atoms with E-state index in [2.05, 4.69) is 25.1 Å². The summed E-state index contributed by atoms with van der Waals surface area (Å²) in [5.74, 6) is 6.53. The van der Waals surface area contributed by atoms with E-state index in [0.29, 0.717) is 29.2 Å². The van der Waals surface area contributed by atoms with Crippen LogP contribution in [-0.4, -0.2) is 38.9 Å². The molecule has 3 rings (SSSR count). The van der Waals surface area contributed by atoms with Crippen LogP contribution in [0.5, 0.6) is 0 Å². The lowest BCUT2D eigenvalue weighted by atomic mass is 10.2. The quantitative estimate of drug-likeness (QED) is 0.374. The molecule has 1 aliphatic rings. The normalized spacial score (nSPS) is 20.3. The first-order valence-electron chi connectivity index (χ1n) is 6.73. The number of carbonyl (C=O) groups is 1. The van der Waals surface area contributed by atoms with E-state index in [-0.39, 0.29) is 12.1 Å². The number of nitrogens with zero attached hydrogens (tertiary/aromatic N) is 4. The average molecular weight is 304 g/mol. The molecule has 2 unspecified atom stereocenters. The smallest absolute Gasteiger partial charge is 0.438 e. The highest BCUT2D eigenvalue weighted by molar-refractivity contribution is 5.82. The molecule has 2 aromatic heterocycles. The molecule has 9 nitrogen and oxygen atoms in total. The molecule has 1 aliphatic carbocycles. The SMILES string of the molecule is COC(=O)OC1C=CC(n2cnc3c(NN)nc(C)nc32)C1. The Bertz CT molecular complexity index is 741. The largest absolute Gasteiger partial charge is 0.508 e. The lowest BCUT2D eigenvalue weighted by molar-refractivity contribution is 0.0504. The molecule has 116 valence electrons. The number of nitrogens with one attached hydrogen (secondary N) is 1. The minimum Gasteiger partial charge on any atom is -0.438 e. The summed E-state index contributed by atoms with van der Waals surface area (Å²) in [6, 6.07) is -0.0143. The molecule has 0 aliphatic heterocycles. The molecule has 0 bridgehead atoms. The zero-order valence-electron chi connectivity index (χ0n) is 12.2. The Kier molecular flexibility index (Phi) is 3.63. The van der Waals surface area contributed by atoms with Gasteiger partial charge in [0.2, 0.25) is 0 Å². The van der Waals surface area contributed by atoms with Crippen LogP contribution >= 0.6 is 0 Å². The van der Waals surface area contributed by atoms with E-state index in [1.54, 1.807) is 13.3 Å². The first-order valence-corrected chi connectivity index (χ1v) is 6.73. The van der Waals surface area contributed by atoms with Crippen LogP contribution in [0.4, 0.5) is 10.6 Å². The topological polar surface area (TPSA) is 117 Å². The third-order valence-electron chi connectivity index (χ3n) is 3.46. The Labute approximate surface area is 126 Å². The van der Waals surface area contributed by atoms with Crippen LogP contribution in [0.2, 0.25) is 0 Å². The van der Waals surface area contributed by atoms with Crippen molar-refractivity contribution in [3.8, 4) is 0 Å². The summed E-state index contributed by atoms with van der Waals surface area (Å²) in [5, 5.41) is 0. The number of hydrogen-bond acceptors (Lipinski definition) is 8. The highest BCUT2D eigenvalue weighted by atomic mass is 16.7. The summed E-state index contributed by atoms with van der Waals surface area (Å²) in [5.41, 5.74) is 3.80. The van der Waals surface area contributed by atoms with Crippen LogP contribution in [0.1, 0.15) is 18.3 Å². The fraction of sp³-hybridized carbons (Fsp3) is 0.385. The maximum Gasteiger partial charge on any atom is 0.508 e. The van der Waals surface area contributed by atoms with Crippen molar-refractivity contribution in [2.75, 3.05) is 12.5 Å². The van der Waals surface area contributed by atoms with Gasteiger partial charge < -0.3 is 19.5 Å². The number of allylic oxidation sites excluding steroid dienone is 1. The van der Waals surface area contributed by atoms with E-state index in [0.717, 1.165) is 0 Å². The lowest BCUT2D eigenvalue weighted by Crippen LogP contribution is -2.16. The summed E-state index contributed by atoms with van der Waals surface area (Å²) in [6.07, 6.45) is 5.01. The van der Waals surface area contributed by atoms with Crippen molar-refractivity contribution < 1.29 is 14.3 Å². The van der Waals surface area contributed by atoms with Crippen molar-refractivity contribution in [2.24, 2.45) is 5.84 Å². The number of rotatable bonds is 3. The van der Waals surface area contributed by atoms with E-state index in [1.165, 1.54) is 7.11 Å². The summed E-state index contributed by atoms with van der Waals surface area (Å²) in [4.78, 5) is 24.1. The summed E-state index contributed by atoms with van der Waals surface area (Å²) >= 11 is 0. The summed E-state index contributed by atoms with van der Waals surface area (Å²) in [6.45, 7) is 1.78. The van der Waals surface area contributed by atoms with Gasteiger partial charge in [-0.05, 0) is 13.0 Å². The van der Waals surface area contributed by atoms with Crippen LogP contribution in [0, 0.1) is 6.92 Å². The number of anilines is 1. The van der Waals surface area contributed by atoms with E-state index >= 15 is 0 Å². The average Bonchev–Trinajstić information content (AvgIpc) is 3.12. The van der Waals surface area contributed by atoms with Gasteiger partial charge in [-0.25, -0.2) is 25.6 Å². The van der Waals surface area contributed by atoms with Crippen molar-refractivity contribution in [2.45, 2.75) is 25.5 Å². The molecule has 0 saturated heterocycles. The Morgan fingerprint density at radius 2 is 2.27 bits per heavy atom. The maximum absolute atomic E-state index is 11.2. The van der Waals surface area contributed by atoms with Gasteiger partial charge in [-0.15, -0.1) is 0 Å². The molecular formula is C13H16N6O3. The molecule has 2 atom stereocenters. The Morgan fingerprint density at radius 1 is 1.45 bits per heavy atom. The molecule has 2 aromatic rings.